The quantitative estimate of drug-likeness (QED) is 0.320. The van der Waals surface area contributed by atoms with Crippen molar-refractivity contribution >= 4 is 33.5 Å². The summed E-state index contributed by atoms with van der Waals surface area (Å²) in [7, 11) is 0. The maximum absolute atomic E-state index is 6.03. The van der Waals surface area contributed by atoms with E-state index in [2.05, 4.69) is 77.1 Å². The second kappa shape index (κ2) is 7.54. The van der Waals surface area contributed by atoms with Crippen LogP contribution in [0.4, 0.5) is 0 Å². The van der Waals surface area contributed by atoms with Crippen LogP contribution in [0.1, 0.15) is 30.4 Å². The third-order valence-corrected chi connectivity index (χ3v) is 5.37. The van der Waals surface area contributed by atoms with E-state index in [-0.39, 0.29) is 0 Å². The van der Waals surface area contributed by atoms with Crippen LogP contribution in [0.5, 0.6) is 11.5 Å². The van der Waals surface area contributed by atoms with Gasteiger partial charge in [0.15, 0.2) is 0 Å². The van der Waals surface area contributed by atoms with Gasteiger partial charge in [-0.2, -0.15) is 0 Å². The molecule has 2 nitrogen and oxygen atoms in total. The second-order valence-corrected chi connectivity index (χ2v) is 7.63. The molecule has 4 rings (SSSR count). The zero-order valence-corrected chi connectivity index (χ0v) is 16.7. The molecule has 4 aromatic rings. The number of hydrogen-bond acceptors (Lipinski definition) is 1. The zero-order chi connectivity index (χ0) is 17.9. The van der Waals surface area contributed by atoms with Gasteiger partial charge in [-0.25, -0.2) is 0 Å². The molecule has 0 saturated carbocycles. The standard InChI is InChI=1S/C23H20INO/c1-2-20(22-15-25-23-12-11-17(24)14-21(22)23)16-7-6-10-19(13-16)26-18-8-4-3-5-9-18/h3-15,20,25H,2H2,1H3. The van der Waals surface area contributed by atoms with Gasteiger partial charge in [-0.15, -0.1) is 0 Å². The average molecular weight is 453 g/mol. The predicted molar refractivity (Wildman–Crippen MR) is 116 cm³/mol. The fourth-order valence-electron chi connectivity index (χ4n) is 3.46. The molecule has 0 aliphatic carbocycles. The maximum Gasteiger partial charge on any atom is 0.127 e. The first-order valence-corrected chi connectivity index (χ1v) is 9.92. The fraction of sp³-hybridized carbons (Fsp3) is 0.130. The van der Waals surface area contributed by atoms with Crippen molar-refractivity contribution in [3.8, 4) is 11.5 Å². The molecule has 0 spiro atoms. The summed E-state index contributed by atoms with van der Waals surface area (Å²) in [5, 5.41) is 1.30. The van der Waals surface area contributed by atoms with Gasteiger partial charge < -0.3 is 9.72 Å². The fourth-order valence-corrected chi connectivity index (χ4v) is 3.95. The van der Waals surface area contributed by atoms with Gasteiger partial charge in [0.2, 0.25) is 0 Å². The van der Waals surface area contributed by atoms with Gasteiger partial charge in [-0.05, 0) is 82.6 Å². The molecular formula is C23H20INO. The summed E-state index contributed by atoms with van der Waals surface area (Å²) in [4.78, 5) is 3.42. The first-order chi connectivity index (χ1) is 12.7. The van der Waals surface area contributed by atoms with Crippen molar-refractivity contribution in [3.05, 3.63) is 93.7 Å². The van der Waals surface area contributed by atoms with Crippen LogP contribution in [0.25, 0.3) is 10.9 Å². The Balaban J connectivity index is 1.70. The van der Waals surface area contributed by atoms with Gasteiger partial charge in [0.05, 0.1) is 0 Å². The van der Waals surface area contributed by atoms with Crippen molar-refractivity contribution in [2.45, 2.75) is 19.3 Å². The molecule has 1 atom stereocenters. The number of nitrogens with one attached hydrogen (secondary N) is 1. The lowest BCUT2D eigenvalue weighted by molar-refractivity contribution is 0.481. The number of rotatable bonds is 5. The molecule has 1 aromatic heterocycles. The second-order valence-electron chi connectivity index (χ2n) is 6.38. The van der Waals surface area contributed by atoms with E-state index in [1.807, 2.05) is 36.4 Å². The summed E-state index contributed by atoms with van der Waals surface area (Å²) in [6.07, 6.45) is 3.19. The van der Waals surface area contributed by atoms with Crippen LogP contribution in [-0.4, -0.2) is 4.98 Å². The lowest BCUT2D eigenvalue weighted by Crippen LogP contribution is -1.99. The van der Waals surface area contributed by atoms with Crippen LogP contribution >= 0.6 is 22.6 Å². The highest BCUT2D eigenvalue weighted by atomic mass is 127. The van der Waals surface area contributed by atoms with Crippen molar-refractivity contribution in [2.24, 2.45) is 0 Å². The van der Waals surface area contributed by atoms with Crippen LogP contribution in [0, 0.1) is 3.57 Å². The van der Waals surface area contributed by atoms with E-state index in [9.17, 15) is 0 Å². The molecule has 1 unspecified atom stereocenters. The molecule has 1 heterocycles. The molecule has 3 heteroatoms. The molecule has 1 N–H and O–H groups in total. The summed E-state index contributed by atoms with van der Waals surface area (Å²) in [5.41, 5.74) is 3.81. The molecule has 130 valence electrons. The van der Waals surface area contributed by atoms with Crippen LogP contribution in [0.15, 0.2) is 79.0 Å². The Morgan fingerprint density at radius 2 is 1.73 bits per heavy atom. The van der Waals surface area contributed by atoms with Crippen molar-refractivity contribution in [1.82, 2.24) is 4.98 Å². The Morgan fingerprint density at radius 3 is 2.54 bits per heavy atom. The number of fused-ring (bicyclic) bond motifs is 1. The van der Waals surface area contributed by atoms with Crippen molar-refractivity contribution < 1.29 is 4.74 Å². The third-order valence-electron chi connectivity index (χ3n) is 4.70. The minimum atomic E-state index is 0.335. The molecule has 0 aliphatic rings. The van der Waals surface area contributed by atoms with Crippen molar-refractivity contribution in [1.29, 1.82) is 0 Å². The predicted octanol–water partition coefficient (Wildman–Crippen LogP) is 7.11. The number of aromatic amines is 1. The number of benzene rings is 3. The van der Waals surface area contributed by atoms with E-state index >= 15 is 0 Å². The number of H-pyrrole nitrogens is 1. The highest BCUT2D eigenvalue weighted by Gasteiger charge is 2.17. The van der Waals surface area contributed by atoms with E-state index in [4.69, 9.17) is 4.74 Å². The maximum atomic E-state index is 6.03. The molecule has 26 heavy (non-hydrogen) atoms. The van der Waals surface area contributed by atoms with Gasteiger partial charge in [0.25, 0.3) is 0 Å². The van der Waals surface area contributed by atoms with Gasteiger partial charge in [0.1, 0.15) is 11.5 Å². The van der Waals surface area contributed by atoms with Crippen LogP contribution in [0.2, 0.25) is 0 Å². The Morgan fingerprint density at radius 1 is 0.923 bits per heavy atom. The highest BCUT2D eigenvalue weighted by molar-refractivity contribution is 14.1. The Labute approximate surface area is 167 Å². The largest absolute Gasteiger partial charge is 0.457 e. The lowest BCUT2D eigenvalue weighted by Gasteiger charge is -2.16. The minimum Gasteiger partial charge on any atom is -0.457 e. The summed E-state index contributed by atoms with van der Waals surface area (Å²) in [5.74, 6) is 2.07. The zero-order valence-electron chi connectivity index (χ0n) is 14.6. The molecule has 0 saturated heterocycles. The normalized spacial score (nSPS) is 12.2. The smallest absolute Gasteiger partial charge is 0.127 e. The molecule has 0 radical (unpaired) electrons. The summed E-state index contributed by atoms with van der Waals surface area (Å²) in [6, 6.07) is 24.9. The first-order valence-electron chi connectivity index (χ1n) is 8.84. The summed E-state index contributed by atoms with van der Waals surface area (Å²) < 4.78 is 7.29. The molecule has 0 bridgehead atoms. The van der Waals surface area contributed by atoms with Crippen LogP contribution < -0.4 is 4.74 Å². The van der Waals surface area contributed by atoms with E-state index in [0.29, 0.717) is 5.92 Å². The van der Waals surface area contributed by atoms with Crippen molar-refractivity contribution in [3.63, 3.8) is 0 Å². The number of halogens is 1. The SMILES string of the molecule is CCC(c1cccc(Oc2ccccc2)c1)c1c[nH]c2ccc(I)cc12. The van der Waals surface area contributed by atoms with E-state index in [0.717, 1.165) is 17.9 Å². The third kappa shape index (κ3) is 3.49. The van der Waals surface area contributed by atoms with Crippen molar-refractivity contribution in [2.75, 3.05) is 0 Å². The molecule has 0 amide bonds. The Bertz CT molecular complexity index is 1020. The summed E-state index contributed by atoms with van der Waals surface area (Å²) in [6.45, 7) is 2.24. The Hall–Kier alpha value is -2.27. The number of hydrogen-bond donors (Lipinski definition) is 1. The Kier molecular flexibility index (Phi) is 4.98. The lowest BCUT2D eigenvalue weighted by atomic mass is 9.89. The topological polar surface area (TPSA) is 25.0 Å². The molecular weight excluding hydrogens is 433 g/mol. The van der Waals surface area contributed by atoms with Gasteiger partial charge >= 0.3 is 0 Å². The highest BCUT2D eigenvalue weighted by Crippen LogP contribution is 2.35. The first kappa shape index (κ1) is 17.2. The van der Waals surface area contributed by atoms with Gasteiger partial charge in [-0.3, -0.25) is 0 Å². The van der Waals surface area contributed by atoms with E-state index < -0.39 is 0 Å². The summed E-state index contributed by atoms with van der Waals surface area (Å²) >= 11 is 2.38. The number of ether oxygens (including phenoxy) is 1. The van der Waals surface area contributed by atoms with Gasteiger partial charge in [0, 0.05) is 26.6 Å². The monoisotopic (exact) mass is 453 g/mol. The molecule has 0 fully saturated rings. The number of aromatic nitrogens is 1. The van der Waals surface area contributed by atoms with Gasteiger partial charge in [-0.1, -0.05) is 37.3 Å². The van der Waals surface area contributed by atoms with E-state index in [1.165, 1.54) is 25.6 Å². The van der Waals surface area contributed by atoms with Crippen LogP contribution in [0.3, 0.4) is 0 Å². The molecule has 0 aliphatic heterocycles. The van der Waals surface area contributed by atoms with Crippen LogP contribution in [-0.2, 0) is 0 Å². The van der Waals surface area contributed by atoms with E-state index in [1.54, 1.807) is 0 Å². The minimum absolute atomic E-state index is 0.335. The number of para-hydroxylation sites is 1. The molecule has 3 aromatic carbocycles. The average Bonchev–Trinajstić information content (AvgIpc) is 3.07.